The molecule has 100 valence electrons. The van der Waals surface area contributed by atoms with Gasteiger partial charge in [0.2, 0.25) is 0 Å². The molecule has 0 fully saturated rings. The molecule has 19 heavy (non-hydrogen) atoms. The summed E-state index contributed by atoms with van der Waals surface area (Å²) < 4.78 is 0. The quantitative estimate of drug-likeness (QED) is 0.667. The Labute approximate surface area is 116 Å². The molecular formula is C14H16N2O2S. The van der Waals surface area contributed by atoms with Gasteiger partial charge in [-0.3, -0.25) is 10.1 Å². The van der Waals surface area contributed by atoms with E-state index in [1.807, 2.05) is 12.1 Å². The monoisotopic (exact) mass is 276 g/mol. The molecule has 5 heteroatoms. The Morgan fingerprint density at radius 1 is 1.32 bits per heavy atom. The molecule has 0 aliphatic heterocycles. The van der Waals surface area contributed by atoms with Crippen LogP contribution in [0.3, 0.4) is 0 Å². The highest BCUT2D eigenvalue weighted by molar-refractivity contribution is 7.15. The van der Waals surface area contributed by atoms with E-state index in [9.17, 15) is 10.1 Å². The van der Waals surface area contributed by atoms with E-state index in [-0.39, 0.29) is 16.0 Å². The van der Waals surface area contributed by atoms with Crippen molar-refractivity contribution in [3.05, 3.63) is 62.5 Å². The molecule has 0 saturated heterocycles. The normalized spacial score (nSPS) is 12.3. The van der Waals surface area contributed by atoms with E-state index in [0.29, 0.717) is 6.54 Å². The summed E-state index contributed by atoms with van der Waals surface area (Å²) in [6.07, 6.45) is 0. The van der Waals surface area contributed by atoms with Crippen molar-refractivity contribution >= 4 is 16.3 Å². The topological polar surface area (TPSA) is 55.2 Å². The van der Waals surface area contributed by atoms with Crippen molar-refractivity contribution in [1.82, 2.24) is 5.32 Å². The van der Waals surface area contributed by atoms with E-state index in [0.717, 1.165) is 4.88 Å². The van der Waals surface area contributed by atoms with Crippen LogP contribution in [-0.4, -0.2) is 4.92 Å². The highest BCUT2D eigenvalue weighted by Gasteiger charge is 2.11. The fourth-order valence-corrected chi connectivity index (χ4v) is 2.77. The van der Waals surface area contributed by atoms with E-state index < -0.39 is 0 Å². The van der Waals surface area contributed by atoms with Gasteiger partial charge in [-0.05, 0) is 31.0 Å². The van der Waals surface area contributed by atoms with Gasteiger partial charge in [0.15, 0.2) is 0 Å². The lowest BCUT2D eigenvalue weighted by Gasteiger charge is -2.15. The standard InChI is InChI=1S/C14H16N2O2S/c1-10-5-3-4-6-13(10)11(2)15-9-12-7-8-14(19-12)16(17)18/h3-8,11,15H,9H2,1-2H3/t11-/m0/s1. The van der Waals surface area contributed by atoms with Gasteiger partial charge in [-0.1, -0.05) is 35.6 Å². The largest absolute Gasteiger partial charge is 0.324 e. The Morgan fingerprint density at radius 2 is 2.05 bits per heavy atom. The van der Waals surface area contributed by atoms with E-state index >= 15 is 0 Å². The maximum Gasteiger partial charge on any atom is 0.324 e. The average Bonchev–Trinajstić information content (AvgIpc) is 2.85. The third kappa shape index (κ3) is 3.39. The first-order valence-electron chi connectivity index (χ1n) is 6.10. The smallest absolute Gasteiger partial charge is 0.305 e. The van der Waals surface area contributed by atoms with E-state index in [1.165, 1.54) is 22.5 Å². The van der Waals surface area contributed by atoms with Crippen LogP contribution in [0.4, 0.5) is 5.00 Å². The number of rotatable bonds is 5. The number of nitrogens with zero attached hydrogens (tertiary/aromatic N) is 1. The summed E-state index contributed by atoms with van der Waals surface area (Å²) >= 11 is 1.22. The molecule has 2 aromatic rings. The second-order valence-corrected chi connectivity index (χ2v) is 5.60. The minimum atomic E-state index is -0.348. The van der Waals surface area contributed by atoms with Crippen molar-refractivity contribution < 1.29 is 4.92 Å². The first-order chi connectivity index (χ1) is 9.08. The second kappa shape index (κ2) is 5.95. The maximum absolute atomic E-state index is 10.6. The Hall–Kier alpha value is -1.72. The van der Waals surface area contributed by atoms with Gasteiger partial charge in [0, 0.05) is 23.5 Å². The van der Waals surface area contributed by atoms with Crippen LogP contribution in [0, 0.1) is 17.0 Å². The van der Waals surface area contributed by atoms with Crippen molar-refractivity contribution in [1.29, 1.82) is 0 Å². The first-order valence-corrected chi connectivity index (χ1v) is 6.91. The third-order valence-electron chi connectivity index (χ3n) is 3.06. The molecule has 0 radical (unpaired) electrons. The van der Waals surface area contributed by atoms with Gasteiger partial charge in [-0.2, -0.15) is 0 Å². The first kappa shape index (κ1) is 13.7. The SMILES string of the molecule is Cc1ccccc1[C@H](C)NCc1ccc([N+](=O)[O-])s1. The lowest BCUT2D eigenvalue weighted by Crippen LogP contribution is -2.18. The van der Waals surface area contributed by atoms with Crippen LogP contribution < -0.4 is 5.32 Å². The second-order valence-electron chi connectivity index (χ2n) is 4.46. The molecule has 0 aliphatic carbocycles. The molecular weight excluding hydrogens is 260 g/mol. The van der Waals surface area contributed by atoms with Crippen LogP contribution >= 0.6 is 11.3 Å². The molecule has 0 amide bonds. The molecule has 1 aromatic heterocycles. The molecule has 0 aliphatic rings. The van der Waals surface area contributed by atoms with E-state index in [4.69, 9.17) is 0 Å². The van der Waals surface area contributed by atoms with Gasteiger partial charge in [-0.15, -0.1) is 0 Å². The predicted octanol–water partition coefficient (Wildman–Crippen LogP) is 3.82. The number of nitro groups is 1. The Morgan fingerprint density at radius 3 is 2.68 bits per heavy atom. The summed E-state index contributed by atoms with van der Waals surface area (Å²) in [6.45, 7) is 4.84. The third-order valence-corrected chi connectivity index (χ3v) is 4.10. The number of aryl methyl sites for hydroxylation is 1. The van der Waals surface area contributed by atoms with Crippen molar-refractivity contribution in [2.45, 2.75) is 26.4 Å². The number of nitrogens with one attached hydrogen (secondary N) is 1. The number of hydrogen-bond donors (Lipinski definition) is 1. The molecule has 0 unspecified atom stereocenters. The van der Waals surface area contributed by atoms with Crippen LogP contribution in [-0.2, 0) is 6.54 Å². The van der Waals surface area contributed by atoms with Gasteiger partial charge in [0.05, 0.1) is 4.92 Å². The molecule has 0 saturated carbocycles. The Balaban J connectivity index is 1.98. The minimum Gasteiger partial charge on any atom is -0.305 e. The van der Waals surface area contributed by atoms with Gasteiger partial charge in [-0.25, -0.2) is 0 Å². The summed E-state index contributed by atoms with van der Waals surface area (Å²) in [4.78, 5) is 11.2. The molecule has 0 bridgehead atoms. The highest BCUT2D eigenvalue weighted by Crippen LogP contribution is 2.24. The molecule has 1 atom stereocenters. The van der Waals surface area contributed by atoms with E-state index in [1.54, 1.807) is 12.1 Å². The van der Waals surface area contributed by atoms with Gasteiger partial charge < -0.3 is 5.32 Å². The van der Waals surface area contributed by atoms with Crippen molar-refractivity contribution in [3.63, 3.8) is 0 Å². The summed E-state index contributed by atoms with van der Waals surface area (Å²) in [5.74, 6) is 0. The molecule has 0 spiro atoms. The number of hydrogen-bond acceptors (Lipinski definition) is 4. The maximum atomic E-state index is 10.6. The Kier molecular flexibility index (Phi) is 4.29. The fraction of sp³-hybridized carbons (Fsp3) is 0.286. The predicted molar refractivity (Wildman–Crippen MR) is 77.4 cm³/mol. The van der Waals surface area contributed by atoms with Crippen LogP contribution in [0.1, 0.15) is 29.0 Å². The summed E-state index contributed by atoms with van der Waals surface area (Å²) in [5.41, 5.74) is 2.51. The Bertz CT molecular complexity index is 580. The zero-order valence-corrected chi connectivity index (χ0v) is 11.7. The van der Waals surface area contributed by atoms with Crippen molar-refractivity contribution in [2.75, 3.05) is 0 Å². The highest BCUT2D eigenvalue weighted by atomic mass is 32.1. The zero-order chi connectivity index (χ0) is 13.8. The number of thiophene rings is 1. The lowest BCUT2D eigenvalue weighted by atomic mass is 10.0. The van der Waals surface area contributed by atoms with Crippen LogP contribution in [0.15, 0.2) is 36.4 Å². The lowest BCUT2D eigenvalue weighted by molar-refractivity contribution is -0.380. The summed E-state index contributed by atoms with van der Waals surface area (Å²) in [6, 6.07) is 11.8. The summed E-state index contributed by atoms with van der Waals surface area (Å²) in [7, 11) is 0. The number of benzene rings is 1. The molecule has 4 nitrogen and oxygen atoms in total. The van der Waals surface area contributed by atoms with Gasteiger partial charge in [0.1, 0.15) is 0 Å². The fourth-order valence-electron chi connectivity index (χ4n) is 2.00. The average molecular weight is 276 g/mol. The zero-order valence-electron chi connectivity index (χ0n) is 10.9. The van der Waals surface area contributed by atoms with Crippen molar-refractivity contribution in [2.24, 2.45) is 0 Å². The molecule has 1 aromatic carbocycles. The molecule has 1 N–H and O–H groups in total. The van der Waals surface area contributed by atoms with Crippen LogP contribution in [0.2, 0.25) is 0 Å². The molecule has 2 rings (SSSR count). The van der Waals surface area contributed by atoms with Crippen LogP contribution in [0.25, 0.3) is 0 Å². The minimum absolute atomic E-state index is 0.195. The van der Waals surface area contributed by atoms with Gasteiger partial charge in [0.25, 0.3) is 0 Å². The van der Waals surface area contributed by atoms with Crippen LogP contribution in [0.5, 0.6) is 0 Å². The van der Waals surface area contributed by atoms with Crippen molar-refractivity contribution in [3.8, 4) is 0 Å². The van der Waals surface area contributed by atoms with E-state index in [2.05, 4.69) is 31.3 Å². The molecule has 1 heterocycles. The van der Waals surface area contributed by atoms with Gasteiger partial charge >= 0.3 is 5.00 Å². The summed E-state index contributed by atoms with van der Waals surface area (Å²) in [5, 5.41) is 14.2.